The summed E-state index contributed by atoms with van der Waals surface area (Å²) in [5.74, 6) is 0.673. The molecule has 0 amide bonds. The average Bonchev–Trinajstić information content (AvgIpc) is 2.96. The third-order valence-electron chi connectivity index (χ3n) is 7.12. The van der Waals surface area contributed by atoms with Gasteiger partial charge in [-0.1, -0.05) is 52.2 Å². The minimum absolute atomic E-state index is 0.343. The molecule has 1 aliphatic carbocycles. The molecule has 1 saturated carbocycles. The van der Waals surface area contributed by atoms with Gasteiger partial charge >= 0.3 is 0 Å². The van der Waals surface area contributed by atoms with Gasteiger partial charge in [0.1, 0.15) is 0 Å². The van der Waals surface area contributed by atoms with Gasteiger partial charge in [-0.15, -0.1) is 0 Å². The van der Waals surface area contributed by atoms with E-state index in [1.54, 1.807) is 5.56 Å². The Bertz CT molecular complexity index is 607. The number of rotatable bonds is 2. The highest BCUT2D eigenvalue weighted by molar-refractivity contribution is 5.56. The Morgan fingerprint density at radius 3 is 2.68 bits per heavy atom. The molecular formula is C23H36N2. The van der Waals surface area contributed by atoms with Crippen LogP contribution in [-0.2, 0) is 6.54 Å². The first kappa shape index (κ1) is 17.4. The number of benzene rings is 1. The largest absolute Gasteiger partial charge is 0.385 e. The van der Waals surface area contributed by atoms with Gasteiger partial charge in [-0.25, -0.2) is 0 Å². The second-order valence-corrected chi connectivity index (χ2v) is 10.1. The summed E-state index contributed by atoms with van der Waals surface area (Å²) in [4.78, 5) is 2.73. The van der Waals surface area contributed by atoms with E-state index in [1.807, 2.05) is 0 Å². The van der Waals surface area contributed by atoms with Crippen molar-refractivity contribution < 1.29 is 0 Å². The molecule has 2 heterocycles. The van der Waals surface area contributed by atoms with Gasteiger partial charge in [0.05, 0.1) is 0 Å². The minimum atomic E-state index is 0.343. The Kier molecular flexibility index (Phi) is 4.60. The van der Waals surface area contributed by atoms with E-state index in [1.165, 1.54) is 69.3 Å². The fourth-order valence-electron chi connectivity index (χ4n) is 5.70. The summed E-state index contributed by atoms with van der Waals surface area (Å²) in [7, 11) is 0. The van der Waals surface area contributed by atoms with Crippen molar-refractivity contribution in [3.63, 3.8) is 0 Å². The Balaban J connectivity index is 1.49. The second kappa shape index (κ2) is 6.61. The van der Waals surface area contributed by atoms with Gasteiger partial charge in [0.25, 0.3) is 0 Å². The molecule has 1 atom stereocenters. The predicted molar refractivity (Wildman–Crippen MR) is 107 cm³/mol. The molecule has 1 aromatic rings. The monoisotopic (exact) mass is 340 g/mol. The topological polar surface area (TPSA) is 15.3 Å². The van der Waals surface area contributed by atoms with E-state index in [2.05, 4.69) is 49.2 Å². The van der Waals surface area contributed by atoms with Crippen LogP contribution in [0.15, 0.2) is 18.2 Å². The van der Waals surface area contributed by atoms with Gasteiger partial charge < -0.3 is 5.32 Å². The number of hydrogen-bond acceptors (Lipinski definition) is 2. The van der Waals surface area contributed by atoms with Crippen LogP contribution in [0.1, 0.15) is 82.8 Å². The summed E-state index contributed by atoms with van der Waals surface area (Å²) in [6.07, 6.45) is 10.0. The molecule has 0 aromatic heterocycles. The van der Waals surface area contributed by atoms with Gasteiger partial charge in [0, 0.05) is 25.3 Å². The maximum atomic E-state index is 3.62. The Morgan fingerprint density at radius 1 is 1.12 bits per heavy atom. The fourth-order valence-corrected chi connectivity index (χ4v) is 5.70. The highest BCUT2D eigenvalue weighted by Gasteiger charge is 2.38. The summed E-state index contributed by atoms with van der Waals surface area (Å²) in [5, 5.41) is 3.62. The third-order valence-corrected chi connectivity index (χ3v) is 7.12. The molecule has 2 aliphatic heterocycles. The SMILES string of the molecule is CC(C)(C)C1CCNc2ccc(CN3CCC4(CCCCC4)C3)cc21. The molecular weight excluding hydrogens is 304 g/mol. The van der Waals surface area contributed by atoms with Crippen LogP contribution >= 0.6 is 0 Å². The zero-order valence-corrected chi connectivity index (χ0v) is 16.5. The van der Waals surface area contributed by atoms with Crippen molar-refractivity contribution in [2.75, 3.05) is 25.0 Å². The van der Waals surface area contributed by atoms with Crippen LogP contribution in [-0.4, -0.2) is 24.5 Å². The van der Waals surface area contributed by atoms with Crippen molar-refractivity contribution in [3.05, 3.63) is 29.3 Å². The molecule has 1 unspecified atom stereocenters. The highest BCUT2D eigenvalue weighted by Crippen LogP contribution is 2.45. The normalized spacial score (nSPS) is 26.4. The first-order valence-corrected chi connectivity index (χ1v) is 10.5. The number of hydrogen-bond donors (Lipinski definition) is 1. The van der Waals surface area contributed by atoms with Crippen molar-refractivity contribution in [1.29, 1.82) is 0 Å². The van der Waals surface area contributed by atoms with Crippen molar-refractivity contribution in [2.24, 2.45) is 10.8 Å². The number of fused-ring (bicyclic) bond motifs is 1. The fraction of sp³-hybridized carbons (Fsp3) is 0.739. The van der Waals surface area contributed by atoms with Crippen LogP contribution in [0.25, 0.3) is 0 Å². The van der Waals surface area contributed by atoms with Crippen LogP contribution in [0.4, 0.5) is 5.69 Å². The van der Waals surface area contributed by atoms with E-state index in [4.69, 9.17) is 0 Å². The molecule has 2 fully saturated rings. The molecule has 2 nitrogen and oxygen atoms in total. The predicted octanol–water partition coefficient (Wildman–Crippen LogP) is 5.79. The van der Waals surface area contributed by atoms with E-state index in [0.29, 0.717) is 16.7 Å². The molecule has 0 bridgehead atoms. The molecule has 25 heavy (non-hydrogen) atoms. The zero-order chi connectivity index (χ0) is 17.5. The van der Waals surface area contributed by atoms with E-state index in [9.17, 15) is 0 Å². The molecule has 1 N–H and O–H groups in total. The van der Waals surface area contributed by atoms with Gasteiger partial charge in [-0.3, -0.25) is 4.90 Å². The first-order valence-electron chi connectivity index (χ1n) is 10.5. The molecule has 1 aromatic carbocycles. The standard InChI is InChI=1S/C23H36N2/c1-22(2,3)20-9-13-24-21-8-7-18(15-19(20)21)16-25-14-12-23(17-25)10-5-4-6-11-23/h7-8,15,20,24H,4-6,9-14,16-17H2,1-3H3. The summed E-state index contributed by atoms with van der Waals surface area (Å²) in [5.41, 5.74) is 5.46. The van der Waals surface area contributed by atoms with Crippen molar-refractivity contribution >= 4 is 5.69 Å². The van der Waals surface area contributed by atoms with Crippen molar-refractivity contribution in [3.8, 4) is 0 Å². The lowest BCUT2D eigenvalue weighted by atomic mass is 9.72. The average molecular weight is 341 g/mol. The lowest BCUT2D eigenvalue weighted by Gasteiger charge is -2.37. The molecule has 0 radical (unpaired) electrons. The quantitative estimate of drug-likeness (QED) is 0.733. The van der Waals surface area contributed by atoms with Crippen LogP contribution in [0.5, 0.6) is 0 Å². The molecule has 1 saturated heterocycles. The van der Waals surface area contributed by atoms with Gasteiger partial charge in [-0.2, -0.15) is 0 Å². The highest BCUT2D eigenvalue weighted by atomic mass is 15.2. The molecule has 4 rings (SSSR count). The number of likely N-dealkylation sites (tertiary alicyclic amines) is 1. The Labute approximate surface area is 154 Å². The minimum Gasteiger partial charge on any atom is -0.385 e. The van der Waals surface area contributed by atoms with Crippen LogP contribution in [0.3, 0.4) is 0 Å². The first-order chi connectivity index (χ1) is 12.0. The Morgan fingerprint density at radius 2 is 1.92 bits per heavy atom. The summed E-state index contributed by atoms with van der Waals surface area (Å²) in [6.45, 7) is 12.1. The number of nitrogens with zero attached hydrogens (tertiary/aromatic N) is 1. The van der Waals surface area contributed by atoms with E-state index < -0.39 is 0 Å². The van der Waals surface area contributed by atoms with Gasteiger partial charge in [-0.05, 0) is 66.2 Å². The summed E-state index contributed by atoms with van der Waals surface area (Å²) in [6, 6.07) is 7.22. The van der Waals surface area contributed by atoms with Crippen LogP contribution in [0, 0.1) is 10.8 Å². The summed E-state index contributed by atoms with van der Waals surface area (Å²) >= 11 is 0. The zero-order valence-electron chi connectivity index (χ0n) is 16.5. The maximum absolute atomic E-state index is 3.62. The Hall–Kier alpha value is -1.02. The van der Waals surface area contributed by atoms with Gasteiger partial charge in [0.2, 0.25) is 0 Å². The van der Waals surface area contributed by atoms with Crippen LogP contribution in [0.2, 0.25) is 0 Å². The molecule has 2 heteroatoms. The van der Waals surface area contributed by atoms with E-state index >= 15 is 0 Å². The molecule has 138 valence electrons. The van der Waals surface area contributed by atoms with Crippen molar-refractivity contribution in [1.82, 2.24) is 4.90 Å². The lowest BCUT2D eigenvalue weighted by molar-refractivity contribution is 0.183. The van der Waals surface area contributed by atoms with Crippen LogP contribution < -0.4 is 5.32 Å². The number of nitrogens with one attached hydrogen (secondary N) is 1. The molecule has 1 spiro atoms. The maximum Gasteiger partial charge on any atom is 0.0375 e. The number of anilines is 1. The van der Waals surface area contributed by atoms with E-state index in [0.717, 1.165) is 13.1 Å². The smallest absolute Gasteiger partial charge is 0.0375 e. The van der Waals surface area contributed by atoms with E-state index in [-0.39, 0.29) is 0 Å². The second-order valence-electron chi connectivity index (χ2n) is 10.1. The molecule has 3 aliphatic rings. The van der Waals surface area contributed by atoms with Crippen molar-refractivity contribution in [2.45, 2.75) is 78.2 Å². The van der Waals surface area contributed by atoms with Gasteiger partial charge in [0.15, 0.2) is 0 Å². The summed E-state index contributed by atoms with van der Waals surface area (Å²) < 4.78 is 0. The lowest BCUT2D eigenvalue weighted by Crippen LogP contribution is -2.29. The third kappa shape index (κ3) is 3.60.